The van der Waals surface area contributed by atoms with Crippen molar-refractivity contribution in [2.45, 2.75) is 5.75 Å². The maximum absolute atomic E-state index is 11.5. The Hall–Kier alpha value is -1.47. The molecule has 0 aliphatic rings. The molecule has 7 heteroatoms. The van der Waals surface area contributed by atoms with Crippen molar-refractivity contribution in [3.8, 4) is 17.2 Å². The minimum absolute atomic E-state index is 0.129. The molecule has 96 valence electrons. The second-order valence-electron chi connectivity index (χ2n) is 3.30. The summed E-state index contributed by atoms with van der Waals surface area (Å²) in [5, 5.41) is 9.65. The molecule has 0 spiro atoms. The van der Waals surface area contributed by atoms with E-state index >= 15 is 0 Å². The maximum Gasteiger partial charge on any atom is 0.215 e. The van der Waals surface area contributed by atoms with Crippen LogP contribution in [0.25, 0.3) is 0 Å². The third kappa shape index (κ3) is 3.24. The zero-order chi connectivity index (χ0) is 13.1. The van der Waals surface area contributed by atoms with Crippen LogP contribution in [0.5, 0.6) is 17.2 Å². The highest BCUT2D eigenvalue weighted by Gasteiger charge is 2.17. The van der Waals surface area contributed by atoms with E-state index in [9.17, 15) is 13.5 Å². The van der Waals surface area contributed by atoms with Gasteiger partial charge in [-0.2, -0.15) is 0 Å². The number of methoxy groups -OCH3 is 2. The molecule has 17 heavy (non-hydrogen) atoms. The van der Waals surface area contributed by atoms with Gasteiger partial charge in [0.1, 0.15) is 5.75 Å². The van der Waals surface area contributed by atoms with E-state index in [2.05, 4.69) is 4.72 Å². The SMILES string of the molecule is CNS(=O)(=O)Cc1cc(OC)cc(O)c1OC. The molecule has 1 aromatic rings. The Labute approximate surface area is 100 Å². The molecule has 0 fully saturated rings. The molecule has 0 saturated carbocycles. The maximum atomic E-state index is 11.5. The number of ether oxygens (including phenoxy) is 2. The molecule has 0 aliphatic heterocycles. The summed E-state index contributed by atoms with van der Waals surface area (Å²) in [4.78, 5) is 0. The summed E-state index contributed by atoms with van der Waals surface area (Å²) < 4.78 is 35.0. The van der Waals surface area contributed by atoms with E-state index in [-0.39, 0.29) is 17.3 Å². The fourth-order valence-corrected chi connectivity index (χ4v) is 2.15. The van der Waals surface area contributed by atoms with Crippen molar-refractivity contribution in [1.82, 2.24) is 4.72 Å². The van der Waals surface area contributed by atoms with Crippen molar-refractivity contribution in [2.24, 2.45) is 0 Å². The third-order valence-electron chi connectivity index (χ3n) is 2.22. The normalized spacial score (nSPS) is 11.2. The minimum atomic E-state index is -3.44. The van der Waals surface area contributed by atoms with Gasteiger partial charge in [0.25, 0.3) is 0 Å². The molecule has 1 aromatic carbocycles. The number of nitrogens with one attached hydrogen (secondary N) is 1. The van der Waals surface area contributed by atoms with Crippen LogP contribution in [0.3, 0.4) is 0 Å². The Morgan fingerprint density at radius 1 is 1.29 bits per heavy atom. The van der Waals surface area contributed by atoms with Crippen LogP contribution in [0.2, 0.25) is 0 Å². The second-order valence-corrected chi connectivity index (χ2v) is 5.23. The van der Waals surface area contributed by atoms with Gasteiger partial charge in [-0.3, -0.25) is 0 Å². The van der Waals surface area contributed by atoms with E-state index in [1.807, 2.05) is 0 Å². The molecule has 0 radical (unpaired) electrons. The van der Waals surface area contributed by atoms with Crippen LogP contribution in [-0.2, 0) is 15.8 Å². The lowest BCUT2D eigenvalue weighted by Gasteiger charge is -2.12. The lowest BCUT2D eigenvalue weighted by molar-refractivity contribution is 0.362. The van der Waals surface area contributed by atoms with Gasteiger partial charge in [-0.05, 0) is 13.1 Å². The van der Waals surface area contributed by atoms with Crippen molar-refractivity contribution in [3.63, 3.8) is 0 Å². The van der Waals surface area contributed by atoms with Crippen LogP contribution in [-0.4, -0.2) is 34.8 Å². The van der Waals surface area contributed by atoms with Crippen LogP contribution in [0, 0.1) is 0 Å². The molecule has 2 N–H and O–H groups in total. The van der Waals surface area contributed by atoms with E-state index < -0.39 is 10.0 Å². The highest BCUT2D eigenvalue weighted by Crippen LogP contribution is 2.35. The van der Waals surface area contributed by atoms with E-state index in [0.29, 0.717) is 11.3 Å². The summed E-state index contributed by atoms with van der Waals surface area (Å²) in [6.07, 6.45) is 0. The number of benzene rings is 1. The first-order valence-corrected chi connectivity index (χ1v) is 6.44. The largest absolute Gasteiger partial charge is 0.504 e. The molecule has 1 rings (SSSR count). The number of hydrogen-bond acceptors (Lipinski definition) is 5. The average Bonchev–Trinajstić information content (AvgIpc) is 2.28. The zero-order valence-corrected chi connectivity index (χ0v) is 10.7. The summed E-state index contributed by atoms with van der Waals surface area (Å²) in [6, 6.07) is 2.86. The molecule has 0 heterocycles. The van der Waals surface area contributed by atoms with Crippen LogP contribution >= 0.6 is 0 Å². The molecular weight excluding hydrogens is 246 g/mol. The first-order valence-electron chi connectivity index (χ1n) is 4.78. The van der Waals surface area contributed by atoms with Gasteiger partial charge in [0.2, 0.25) is 10.0 Å². The smallest absolute Gasteiger partial charge is 0.215 e. The van der Waals surface area contributed by atoms with Gasteiger partial charge in [-0.25, -0.2) is 13.1 Å². The fraction of sp³-hybridized carbons (Fsp3) is 0.400. The Kier molecular flexibility index (Phi) is 4.19. The predicted molar refractivity (Wildman–Crippen MR) is 62.9 cm³/mol. The molecule has 0 aliphatic carbocycles. The molecular formula is C10H15NO5S. The van der Waals surface area contributed by atoms with Gasteiger partial charge < -0.3 is 14.6 Å². The topological polar surface area (TPSA) is 84.9 Å². The number of aromatic hydroxyl groups is 1. The third-order valence-corrected chi connectivity index (χ3v) is 3.53. The molecule has 0 bridgehead atoms. The van der Waals surface area contributed by atoms with E-state index in [0.717, 1.165) is 0 Å². The van der Waals surface area contributed by atoms with Crippen molar-refractivity contribution in [2.75, 3.05) is 21.3 Å². The lowest BCUT2D eigenvalue weighted by Crippen LogP contribution is -2.20. The van der Waals surface area contributed by atoms with Gasteiger partial charge in [0, 0.05) is 11.6 Å². The molecule has 0 unspecified atom stereocenters. The number of sulfonamides is 1. The van der Waals surface area contributed by atoms with Gasteiger partial charge in [-0.15, -0.1) is 0 Å². The highest BCUT2D eigenvalue weighted by molar-refractivity contribution is 7.88. The first kappa shape index (κ1) is 13.6. The quantitative estimate of drug-likeness (QED) is 0.804. The van der Waals surface area contributed by atoms with Crippen LogP contribution in [0.4, 0.5) is 0 Å². The Morgan fingerprint density at radius 3 is 2.41 bits per heavy atom. The molecule has 6 nitrogen and oxygen atoms in total. The van der Waals surface area contributed by atoms with Crippen LogP contribution < -0.4 is 14.2 Å². The molecule has 0 aromatic heterocycles. The highest BCUT2D eigenvalue weighted by atomic mass is 32.2. The fourth-order valence-electron chi connectivity index (χ4n) is 1.38. The monoisotopic (exact) mass is 261 g/mol. The van der Waals surface area contributed by atoms with Crippen LogP contribution in [0.15, 0.2) is 12.1 Å². The number of rotatable bonds is 5. The molecule has 0 amide bonds. The van der Waals surface area contributed by atoms with Crippen LogP contribution in [0.1, 0.15) is 5.56 Å². The standard InChI is InChI=1S/C10H15NO5S/c1-11-17(13,14)6-7-4-8(15-2)5-9(12)10(7)16-3/h4-5,11-12H,6H2,1-3H3. The summed E-state index contributed by atoms with van der Waals surface area (Å²) in [6.45, 7) is 0. The summed E-state index contributed by atoms with van der Waals surface area (Å²) >= 11 is 0. The predicted octanol–water partition coefficient (Wildman–Crippen LogP) is 0.459. The van der Waals surface area contributed by atoms with Crippen molar-refractivity contribution >= 4 is 10.0 Å². The summed E-state index contributed by atoms with van der Waals surface area (Å²) in [5.74, 6) is 0.0413. The summed E-state index contributed by atoms with van der Waals surface area (Å²) in [7, 11) is 0.664. The first-order chi connectivity index (χ1) is 7.93. The van der Waals surface area contributed by atoms with E-state index in [1.165, 1.54) is 33.4 Å². The molecule has 0 atom stereocenters. The average molecular weight is 261 g/mol. The van der Waals surface area contributed by atoms with E-state index in [4.69, 9.17) is 9.47 Å². The number of phenols is 1. The van der Waals surface area contributed by atoms with Crippen molar-refractivity contribution in [1.29, 1.82) is 0 Å². The van der Waals surface area contributed by atoms with Gasteiger partial charge >= 0.3 is 0 Å². The van der Waals surface area contributed by atoms with E-state index in [1.54, 1.807) is 0 Å². The Balaban J connectivity index is 3.25. The van der Waals surface area contributed by atoms with Crippen molar-refractivity contribution < 1.29 is 23.0 Å². The van der Waals surface area contributed by atoms with Gasteiger partial charge in [0.15, 0.2) is 11.5 Å². The Bertz CT molecular complexity index is 498. The number of hydrogen-bond donors (Lipinski definition) is 2. The lowest BCUT2D eigenvalue weighted by atomic mass is 10.2. The second kappa shape index (κ2) is 5.24. The van der Waals surface area contributed by atoms with Gasteiger partial charge in [0.05, 0.1) is 20.0 Å². The number of phenolic OH excluding ortho intramolecular Hbond substituents is 1. The van der Waals surface area contributed by atoms with Crippen molar-refractivity contribution in [3.05, 3.63) is 17.7 Å². The Morgan fingerprint density at radius 2 is 1.94 bits per heavy atom. The summed E-state index contributed by atoms with van der Waals surface area (Å²) in [5.41, 5.74) is 0.332. The van der Waals surface area contributed by atoms with Gasteiger partial charge in [-0.1, -0.05) is 0 Å². The molecule has 0 saturated heterocycles. The minimum Gasteiger partial charge on any atom is -0.504 e. The zero-order valence-electron chi connectivity index (χ0n) is 9.85.